The van der Waals surface area contributed by atoms with Gasteiger partial charge in [-0.25, -0.2) is 4.98 Å². The highest BCUT2D eigenvalue weighted by Crippen LogP contribution is 2.27. The van der Waals surface area contributed by atoms with Gasteiger partial charge in [-0.1, -0.05) is 29.3 Å². The normalized spacial score (nSPS) is 11.9. The van der Waals surface area contributed by atoms with Gasteiger partial charge in [0.1, 0.15) is 5.75 Å². The molecule has 1 heterocycles. The van der Waals surface area contributed by atoms with Gasteiger partial charge in [0.25, 0.3) is 5.91 Å². The molecule has 3 aromatic rings. The lowest BCUT2D eigenvalue weighted by Crippen LogP contribution is -2.30. The molecule has 7 heteroatoms. The minimum Gasteiger partial charge on any atom is -0.481 e. The summed E-state index contributed by atoms with van der Waals surface area (Å²) in [4.78, 5) is 17.7. The van der Waals surface area contributed by atoms with Crippen LogP contribution in [0, 0.1) is 13.8 Å². The van der Waals surface area contributed by atoms with Crippen molar-refractivity contribution < 1.29 is 9.53 Å². The molecular formula is C21H20Cl2N2O2S. The van der Waals surface area contributed by atoms with Crippen molar-refractivity contribution in [2.75, 3.05) is 5.32 Å². The van der Waals surface area contributed by atoms with Gasteiger partial charge in [0.2, 0.25) is 0 Å². The van der Waals surface area contributed by atoms with Crippen LogP contribution in [0.15, 0.2) is 42.6 Å². The van der Waals surface area contributed by atoms with E-state index in [0.717, 1.165) is 21.6 Å². The Bertz CT molecular complexity index is 984. The molecule has 0 saturated heterocycles. The molecule has 0 spiro atoms. The number of benzene rings is 2. The molecule has 1 aromatic heterocycles. The first-order chi connectivity index (χ1) is 13.3. The maximum absolute atomic E-state index is 12.4. The van der Waals surface area contributed by atoms with Crippen molar-refractivity contribution >= 4 is 45.6 Å². The molecule has 0 fully saturated rings. The van der Waals surface area contributed by atoms with Crippen LogP contribution >= 0.6 is 34.5 Å². The van der Waals surface area contributed by atoms with Crippen LogP contribution < -0.4 is 10.1 Å². The Labute approximate surface area is 178 Å². The number of aryl methyl sites for hydroxylation is 2. The summed E-state index contributed by atoms with van der Waals surface area (Å²) in [5.74, 6) is 0.427. The maximum atomic E-state index is 12.4. The van der Waals surface area contributed by atoms with E-state index in [4.69, 9.17) is 27.9 Å². The van der Waals surface area contributed by atoms with Gasteiger partial charge >= 0.3 is 0 Å². The SMILES string of the molecule is Cc1cc(C)cc(OC(C)C(=O)Nc2ncc(Cc3cc(Cl)ccc3Cl)s2)c1. The largest absolute Gasteiger partial charge is 0.481 e. The number of carbonyl (C=O) groups is 1. The number of hydrogen-bond donors (Lipinski definition) is 1. The highest BCUT2D eigenvalue weighted by molar-refractivity contribution is 7.15. The molecule has 1 N–H and O–H groups in total. The summed E-state index contributed by atoms with van der Waals surface area (Å²) in [7, 11) is 0. The summed E-state index contributed by atoms with van der Waals surface area (Å²) in [6.07, 6.45) is 1.69. The molecule has 0 bridgehead atoms. The molecule has 1 unspecified atom stereocenters. The van der Waals surface area contributed by atoms with Gasteiger partial charge in [-0.2, -0.15) is 0 Å². The summed E-state index contributed by atoms with van der Waals surface area (Å²) in [5.41, 5.74) is 3.10. The Balaban J connectivity index is 1.62. The average Bonchev–Trinajstić information content (AvgIpc) is 3.04. The minimum absolute atomic E-state index is 0.249. The summed E-state index contributed by atoms with van der Waals surface area (Å²) in [6.45, 7) is 5.70. The van der Waals surface area contributed by atoms with Crippen LogP contribution in [-0.2, 0) is 11.2 Å². The number of nitrogens with zero attached hydrogens (tertiary/aromatic N) is 1. The van der Waals surface area contributed by atoms with E-state index in [1.54, 1.807) is 25.3 Å². The van der Waals surface area contributed by atoms with Crippen molar-refractivity contribution in [2.24, 2.45) is 0 Å². The second kappa shape index (κ2) is 8.95. The molecule has 0 aliphatic heterocycles. The van der Waals surface area contributed by atoms with Gasteiger partial charge in [-0.05, 0) is 67.8 Å². The smallest absolute Gasteiger partial charge is 0.266 e. The zero-order valence-electron chi connectivity index (χ0n) is 15.8. The van der Waals surface area contributed by atoms with E-state index in [2.05, 4.69) is 16.4 Å². The molecule has 3 rings (SSSR count). The first-order valence-electron chi connectivity index (χ1n) is 8.74. The first-order valence-corrected chi connectivity index (χ1v) is 10.3. The predicted molar refractivity (Wildman–Crippen MR) is 116 cm³/mol. The Morgan fingerprint density at radius 2 is 1.89 bits per heavy atom. The van der Waals surface area contributed by atoms with E-state index < -0.39 is 6.10 Å². The van der Waals surface area contributed by atoms with E-state index in [1.165, 1.54) is 11.3 Å². The number of amides is 1. The van der Waals surface area contributed by atoms with E-state index in [1.807, 2.05) is 32.0 Å². The zero-order valence-corrected chi connectivity index (χ0v) is 18.1. The number of ether oxygens (including phenoxy) is 1. The van der Waals surface area contributed by atoms with Crippen molar-refractivity contribution in [3.63, 3.8) is 0 Å². The first kappa shape index (κ1) is 20.6. The Hall–Kier alpha value is -2.08. The molecule has 1 atom stereocenters. The molecule has 0 aliphatic rings. The summed E-state index contributed by atoms with van der Waals surface area (Å²) in [5, 5.41) is 4.62. The molecule has 2 aromatic carbocycles. The van der Waals surface area contributed by atoms with Crippen LogP contribution in [-0.4, -0.2) is 17.0 Å². The predicted octanol–water partition coefficient (Wildman–Crippen LogP) is 6.06. The molecule has 1 amide bonds. The van der Waals surface area contributed by atoms with Crippen molar-refractivity contribution in [2.45, 2.75) is 33.3 Å². The fourth-order valence-corrected chi connectivity index (χ4v) is 4.00. The summed E-state index contributed by atoms with van der Waals surface area (Å²) in [6, 6.07) is 11.2. The summed E-state index contributed by atoms with van der Waals surface area (Å²) < 4.78 is 5.77. The van der Waals surface area contributed by atoms with Gasteiger partial charge in [-0.3, -0.25) is 10.1 Å². The molecule has 0 saturated carbocycles. The highest BCUT2D eigenvalue weighted by Gasteiger charge is 2.17. The standard InChI is InChI=1S/C21H20Cl2N2O2S/c1-12-6-13(2)8-17(7-12)27-14(3)20(26)25-21-24-11-18(28-21)10-15-9-16(22)4-5-19(15)23/h4-9,11,14H,10H2,1-3H3,(H,24,25,26). The fraction of sp³-hybridized carbons (Fsp3) is 0.238. The zero-order chi connectivity index (χ0) is 20.3. The number of aromatic nitrogens is 1. The number of hydrogen-bond acceptors (Lipinski definition) is 4. The Morgan fingerprint density at radius 1 is 1.18 bits per heavy atom. The second-order valence-corrected chi connectivity index (χ2v) is 8.58. The fourth-order valence-electron chi connectivity index (χ4n) is 2.78. The number of rotatable bonds is 6. The van der Waals surface area contributed by atoms with Gasteiger partial charge in [0.15, 0.2) is 11.2 Å². The van der Waals surface area contributed by atoms with E-state index >= 15 is 0 Å². The lowest BCUT2D eigenvalue weighted by atomic mass is 10.1. The van der Waals surface area contributed by atoms with Crippen molar-refractivity contribution in [1.82, 2.24) is 4.98 Å². The monoisotopic (exact) mass is 434 g/mol. The van der Waals surface area contributed by atoms with Crippen molar-refractivity contribution in [3.05, 3.63) is 74.2 Å². The molecule has 0 aliphatic carbocycles. The number of nitrogens with one attached hydrogen (secondary N) is 1. The van der Waals surface area contributed by atoms with Crippen LogP contribution in [0.5, 0.6) is 5.75 Å². The van der Waals surface area contributed by atoms with Gasteiger partial charge in [0.05, 0.1) is 0 Å². The van der Waals surface area contributed by atoms with E-state index in [0.29, 0.717) is 27.3 Å². The van der Waals surface area contributed by atoms with E-state index in [9.17, 15) is 4.79 Å². The maximum Gasteiger partial charge on any atom is 0.266 e. The summed E-state index contributed by atoms with van der Waals surface area (Å²) >= 11 is 13.7. The van der Waals surface area contributed by atoms with E-state index in [-0.39, 0.29) is 5.91 Å². The number of halogens is 2. The van der Waals surface area contributed by atoms with Gasteiger partial charge in [0, 0.05) is 27.5 Å². The average molecular weight is 435 g/mol. The van der Waals surface area contributed by atoms with Crippen LogP contribution in [0.25, 0.3) is 0 Å². The number of thiazole rings is 1. The second-order valence-electron chi connectivity index (χ2n) is 6.62. The van der Waals surface area contributed by atoms with Crippen molar-refractivity contribution in [3.8, 4) is 5.75 Å². The molecular weight excluding hydrogens is 415 g/mol. The minimum atomic E-state index is -0.643. The molecule has 146 valence electrons. The quantitative estimate of drug-likeness (QED) is 0.512. The Kier molecular flexibility index (Phi) is 6.60. The Morgan fingerprint density at radius 3 is 2.61 bits per heavy atom. The lowest BCUT2D eigenvalue weighted by Gasteiger charge is -2.14. The topological polar surface area (TPSA) is 51.2 Å². The van der Waals surface area contributed by atoms with Crippen LogP contribution in [0.2, 0.25) is 10.0 Å². The molecule has 4 nitrogen and oxygen atoms in total. The molecule has 0 radical (unpaired) electrons. The van der Waals surface area contributed by atoms with Gasteiger partial charge < -0.3 is 4.74 Å². The van der Waals surface area contributed by atoms with Crippen LogP contribution in [0.1, 0.15) is 28.5 Å². The van der Waals surface area contributed by atoms with Crippen LogP contribution in [0.4, 0.5) is 5.13 Å². The third-order valence-electron chi connectivity index (χ3n) is 4.03. The lowest BCUT2D eigenvalue weighted by molar-refractivity contribution is -0.122. The number of anilines is 1. The van der Waals surface area contributed by atoms with Crippen molar-refractivity contribution in [1.29, 1.82) is 0 Å². The third kappa shape index (κ3) is 5.47. The van der Waals surface area contributed by atoms with Gasteiger partial charge in [-0.15, -0.1) is 11.3 Å². The number of carbonyl (C=O) groups excluding carboxylic acids is 1. The molecule has 28 heavy (non-hydrogen) atoms. The van der Waals surface area contributed by atoms with Crippen LogP contribution in [0.3, 0.4) is 0 Å². The third-order valence-corrected chi connectivity index (χ3v) is 5.55. The highest BCUT2D eigenvalue weighted by atomic mass is 35.5.